The zero-order valence-corrected chi connectivity index (χ0v) is 15.4. The number of halogens is 1. The Balaban J connectivity index is 1.83. The van der Waals surface area contributed by atoms with E-state index in [1.807, 2.05) is 0 Å². The Morgan fingerprint density at radius 1 is 1.04 bits per heavy atom. The van der Waals surface area contributed by atoms with Crippen LogP contribution in [0.4, 0.5) is 11.4 Å². The molecule has 0 aliphatic rings. The molecule has 2 N–H and O–H groups in total. The monoisotopic (exact) mass is 389 g/mol. The number of nitrogens with zero attached hydrogens (tertiary/aromatic N) is 1. The van der Waals surface area contributed by atoms with Gasteiger partial charge in [-0.25, -0.2) is 8.42 Å². The summed E-state index contributed by atoms with van der Waals surface area (Å²) in [4.78, 5) is 12.3. The molecule has 0 saturated carbocycles. The predicted octanol–water partition coefficient (Wildman–Crippen LogP) is 3.73. The molecule has 0 aliphatic heterocycles. The van der Waals surface area contributed by atoms with E-state index in [1.165, 1.54) is 12.1 Å². The average molecular weight is 390 g/mol. The first-order valence-corrected chi connectivity index (χ1v) is 9.53. The van der Waals surface area contributed by atoms with Gasteiger partial charge in [0.05, 0.1) is 15.6 Å². The zero-order valence-electron chi connectivity index (χ0n) is 13.8. The van der Waals surface area contributed by atoms with Crippen LogP contribution < -0.4 is 10.0 Å². The number of hydrogen-bond acceptors (Lipinski definition) is 3. The molecule has 6 nitrogen and oxygen atoms in total. The highest BCUT2D eigenvalue weighted by atomic mass is 35.5. The summed E-state index contributed by atoms with van der Waals surface area (Å²) >= 11 is 6.00. The Hall–Kier alpha value is -2.77. The number of rotatable bonds is 5. The van der Waals surface area contributed by atoms with Crippen molar-refractivity contribution in [3.05, 3.63) is 77.6 Å². The van der Waals surface area contributed by atoms with Gasteiger partial charge in [0, 0.05) is 18.9 Å². The summed E-state index contributed by atoms with van der Waals surface area (Å²) in [7, 11) is -2.09. The van der Waals surface area contributed by atoms with Gasteiger partial charge in [-0.3, -0.25) is 9.52 Å². The predicted molar refractivity (Wildman–Crippen MR) is 102 cm³/mol. The molecule has 0 aliphatic carbocycles. The number of amides is 1. The molecule has 1 heterocycles. The summed E-state index contributed by atoms with van der Waals surface area (Å²) in [5, 5.41) is 2.99. The van der Waals surface area contributed by atoms with E-state index in [4.69, 9.17) is 11.6 Å². The van der Waals surface area contributed by atoms with Gasteiger partial charge in [-0.05, 0) is 42.5 Å². The molecule has 1 aromatic heterocycles. The maximum absolute atomic E-state index is 12.6. The molecule has 2 aromatic carbocycles. The second-order valence-corrected chi connectivity index (χ2v) is 7.66. The van der Waals surface area contributed by atoms with Crippen molar-refractivity contribution in [3.8, 4) is 0 Å². The molecule has 3 aromatic rings. The van der Waals surface area contributed by atoms with Crippen LogP contribution in [0, 0.1) is 0 Å². The number of para-hydroxylation sites is 1. The fraction of sp³-hybridized carbons (Fsp3) is 0.0556. The zero-order chi connectivity index (χ0) is 18.7. The van der Waals surface area contributed by atoms with Gasteiger partial charge in [0.2, 0.25) is 0 Å². The van der Waals surface area contributed by atoms with Crippen LogP contribution in [0.2, 0.25) is 5.02 Å². The van der Waals surface area contributed by atoms with Crippen LogP contribution >= 0.6 is 11.6 Å². The Labute approximate surface area is 156 Å². The maximum Gasteiger partial charge on any atom is 0.272 e. The van der Waals surface area contributed by atoms with Crippen molar-refractivity contribution < 1.29 is 13.2 Å². The highest BCUT2D eigenvalue weighted by Gasteiger charge is 2.17. The number of carbonyl (C=O) groups excluding carboxylic acids is 1. The third kappa shape index (κ3) is 3.89. The lowest BCUT2D eigenvalue weighted by molar-refractivity contribution is 0.101. The molecular formula is C18H16ClN3O3S. The van der Waals surface area contributed by atoms with Crippen LogP contribution in [-0.4, -0.2) is 18.9 Å². The van der Waals surface area contributed by atoms with Crippen LogP contribution in [0.1, 0.15) is 10.5 Å². The highest BCUT2D eigenvalue weighted by Crippen LogP contribution is 2.25. The molecule has 0 unspecified atom stereocenters. The van der Waals surface area contributed by atoms with Crippen molar-refractivity contribution in [2.24, 2.45) is 7.05 Å². The smallest absolute Gasteiger partial charge is 0.272 e. The molecule has 0 radical (unpaired) electrons. The van der Waals surface area contributed by atoms with Gasteiger partial charge in [-0.1, -0.05) is 29.8 Å². The first kappa shape index (κ1) is 18.0. The third-order valence-electron chi connectivity index (χ3n) is 3.70. The third-order valence-corrected chi connectivity index (χ3v) is 5.39. The number of nitrogens with one attached hydrogen (secondary N) is 2. The summed E-state index contributed by atoms with van der Waals surface area (Å²) in [6, 6.07) is 16.0. The van der Waals surface area contributed by atoms with E-state index in [0.717, 1.165) is 0 Å². The van der Waals surface area contributed by atoms with Crippen molar-refractivity contribution in [1.29, 1.82) is 0 Å². The van der Waals surface area contributed by atoms with E-state index in [0.29, 0.717) is 16.4 Å². The van der Waals surface area contributed by atoms with Crippen molar-refractivity contribution in [3.63, 3.8) is 0 Å². The van der Waals surface area contributed by atoms with E-state index in [1.54, 1.807) is 66.3 Å². The number of sulfonamides is 1. The largest absolute Gasteiger partial charge is 0.347 e. The van der Waals surface area contributed by atoms with Gasteiger partial charge in [0.25, 0.3) is 15.9 Å². The Bertz CT molecular complexity index is 1060. The quantitative estimate of drug-likeness (QED) is 0.697. The Kier molecular flexibility index (Phi) is 5.01. The average Bonchev–Trinajstić information content (AvgIpc) is 3.03. The molecule has 0 saturated heterocycles. The van der Waals surface area contributed by atoms with E-state index in [-0.39, 0.29) is 16.5 Å². The van der Waals surface area contributed by atoms with Gasteiger partial charge < -0.3 is 9.88 Å². The van der Waals surface area contributed by atoms with Crippen LogP contribution in [0.3, 0.4) is 0 Å². The van der Waals surface area contributed by atoms with Gasteiger partial charge >= 0.3 is 0 Å². The number of anilines is 2. The molecule has 0 fully saturated rings. The maximum atomic E-state index is 12.6. The van der Waals surface area contributed by atoms with E-state index < -0.39 is 10.0 Å². The Morgan fingerprint density at radius 2 is 1.81 bits per heavy atom. The normalized spacial score (nSPS) is 11.2. The van der Waals surface area contributed by atoms with E-state index in [2.05, 4.69) is 10.0 Å². The molecule has 0 atom stereocenters. The van der Waals surface area contributed by atoms with Crippen molar-refractivity contribution >= 4 is 38.9 Å². The van der Waals surface area contributed by atoms with Gasteiger partial charge in [0.1, 0.15) is 5.69 Å². The van der Waals surface area contributed by atoms with Crippen molar-refractivity contribution in [2.75, 3.05) is 10.0 Å². The molecule has 8 heteroatoms. The second kappa shape index (κ2) is 7.23. The fourth-order valence-corrected chi connectivity index (χ4v) is 3.75. The molecule has 134 valence electrons. The number of carbonyl (C=O) groups is 1. The molecule has 3 rings (SSSR count). The first-order valence-electron chi connectivity index (χ1n) is 7.67. The highest BCUT2D eigenvalue weighted by molar-refractivity contribution is 7.92. The van der Waals surface area contributed by atoms with Crippen LogP contribution in [0.5, 0.6) is 0 Å². The first-order chi connectivity index (χ1) is 12.4. The number of benzene rings is 2. The van der Waals surface area contributed by atoms with Crippen LogP contribution in [-0.2, 0) is 17.1 Å². The van der Waals surface area contributed by atoms with Crippen LogP contribution in [0.15, 0.2) is 71.8 Å². The number of aryl methyl sites for hydroxylation is 1. The summed E-state index contributed by atoms with van der Waals surface area (Å²) in [5.74, 6) is -0.328. The van der Waals surface area contributed by atoms with E-state index >= 15 is 0 Å². The minimum absolute atomic E-state index is 0.0158. The van der Waals surface area contributed by atoms with E-state index in [9.17, 15) is 13.2 Å². The van der Waals surface area contributed by atoms with Crippen LogP contribution in [0.25, 0.3) is 0 Å². The Morgan fingerprint density at radius 3 is 2.50 bits per heavy atom. The van der Waals surface area contributed by atoms with Crippen molar-refractivity contribution in [1.82, 2.24) is 4.57 Å². The van der Waals surface area contributed by atoms with Gasteiger partial charge in [0.15, 0.2) is 0 Å². The lowest BCUT2D eigenvalue weighted by atomic mass is 10.3. The minimum atomic E-state index is -3.85. The molecule has 1 amide bonds. The lowest BCUT2D eigenvalue weighted by Crippen LogP contribution is -2.17. The second-order valence-electron chi connectivity index (χ2n) is 5.57. The summed E-state index contributed by atoms with van der Waals surface area (Å²) in [6.07, 6.45) is 1.75. The van der Waals surface area contributed by atoms with Crippen molar-refractivity contribution in [2.45, 2.75) is 4.90 Å². The van der Waals surface area contributed by atoms with Gasteiger partial charge in [-0.15, -0.1) is 0 Å². The molecule has 0 bridgehead atoms. The molecule has 0 spiro atoms. The minimum Gasteiger partial charge on any atom is -0.347 e. The standard InChI is InChI=1S/C18H16ClN3O3S/c1-22-11-5-10-17(22)18(23)20-13-6-4-7-14(12-13)26(24,25)21-16-9-3-2-8-15(16)19/h2-12,21H,1H3,(H,20,23). The summed E-state index contributed by atoms with van der Waals surface area (Å²) in [6.45, 7) is 0. The summed E-state index contributed by atoms with van der Waals surface area (Å²) < 4.78 is 29.3. The fourth-order valence-electron chi connectivity index (χ4n) is 2.38. The SMILES string of the molecule is Cn1cccc1C(=O)Nc1cccc(S(=O)(=O)Nc2ccccc2Cl)c1. The topological polar surface area (TPSA) is 80.2 Å². The van der Waals surface area contributed by atoms with Gasteiger partial charge in [-0.2, -0.15) is 0 Å². The number of hydrogen-bond donors (Lipinski definition) is 2. The number of aromatic nitrogens is 1. The lowest BCUT2D eigenvalue weighted by Gasteiger charge is -2.11. The molecular weight excluding hydrogens is 374 g/mol. The molecule has 26 heavy (non-hydrogen) atoms. The summed E-state index contributed by atoms with van der Waals surface area (Å²) in [5.41, 5.74) is 1.12.